The fourth-order valence-corrected chi connectivity index (χ4v) is 3.19. The van der Waals surface area contributed by atoms with Crippen LogP contribution in [0.3, 0.4) is 0 Å². The predicted molar refractivity (Wildman–Crippen MR) is 83.2 cm³/mol. The monoisotopic (exact) mass is 414 g/mol. The van der Waals surface area contributed by atoms with E-state index >= 15 is 0 Å². The number of aliphatic hydroxyl groups is 8. The molecule has 3 saturated heterocycles. The van der Waals surface area contributed by atoms with Crippen LogP contribution in [0, 0.1) is 0 Å². The van der Waals surface area contributed by atoms with E-state index in [4.69, 9.17) is 23.7 Å². The third-order valence-electron chi connectivity index (χ3n) is 4.93. The molecular formula is C15H26O13. The lowest BCUT2D eigenvalue weighted by molar-refractivity contribution is -0.351. The van der Waals surface area contributed by atoms with Gasteiger partial charge in [-0.15, -0.1) is 0 Å². The molecule has 3 rings (SSSR count). The topological polar surface area (TPSA) is 208 Å². The normalized spacial score (nSPS) is 53.1. The average molecular weight is 414 g/mol. The highest BCUT2D eigenvalue weighted by molar-refractivity contribution is 4.90. The second-order valence-corrected chi connectivity index (χ2v) is 6.99. The molecule has 12 atom stereocenters. The van der Waals surface area contributed by atoms with Crippen molar-refractivity contribution in [2.24, 2.45) is 0 Å². The van der Waals surface area contributed by atoms with Crippen molar-refractivity contribution in [2.45, 2.75) is 73.8 Å². The summed E-state index contributed by atoms with van der Waals surface area (Å²) in [4.78, 5) is 0. The van der Waals surface area contributed by atoms with Crippen molar-refractivity contribution in [2.75, 3.05) is 19.8 Å². The Morgan fingerprint density at radius 2 is 1.14 bits per heavy atom. The number of hydrogen-bond acceptors (Lipinski definition) is 13. The fourth-order valence-electron chi connectivity index (χ4n) is 3.19. The molecule has 0 aromatic rings. The predicted octanol–water partition coefficient (Wildman–Crippen LogP) is -5.66. The molecule has 0 radical (unpaired) electrons. The molecule has 0 aromatic carbocycles. The molecule has 13 nitrogen and oxygen atoms in total. The Morgan fingerprint density at radius 1 is 0.536 bits per heavy atom. The van der Waals surface area contributed by atoms with Gasteiger partial charge < -0.3 is 64.5 Å². The Kier molecular flexibility index (Phi) is 7.20. The minimum atomic E-state index is -1.63. The summed E-state index contributed by atoms with van der Waals surface area (Å²) in [6.45, 7) is -0.964. The van der Waals surface area contributed by atoms with Crippen molar-refractivity contribution >= 4 is 0 Å². The van der Waals surface area contributed by atoms with Gasteiger partial charge in [0.1, 0.15) is 54.9 Å². The largest absolute Gasteiger partial charge is 0.388 e. The Bertz CT molecular complexity index is 508. The minimum absolute atomic E-state index is 0.297. The molecule has 0 bridgehead atoms. The van der Waals surface area contributed by atoms with E-state index in [2.05, 4.69) is 0 Å². The van der Waals surface area contributed by atoms with E-state index in [1.807, 2.05) is 0 Å². The molecule has 3 fully saturated rings. The lowest BCUT2D eigenvalue weighted by atomic mass is 10.0. The molecule has 0 aliphatic carbocycles. The van der Waals surface area contributed by atoms with Gasteiger partial charge in [-0.05, 0) is 0 Å². The van der Waals surface area contributed by atoms with E-state index in [1.165, 1.54) is 0 Å². The highest BCUT2D eigenvalue weighted by atomic mass is 16.7. The third kappa shape index (κ3) is 4.46. The highest BCUT2D eigenvalue weighted by Crippen LogP contribution is 2.27. The van der Waals surface area contributed by atoms with Gasteiger partial charge in [0.25, 0.3) is 0 Å². The van der Waals surface area contributed by atoms with Crippen LogP contribution in [0.5, 0.6) is 0 Å². The summed E-state index contributed by atoms with van der Waals surface area (Å²) in [5, 5.41) is 78.6. The Balaban J connectivity index is 1.62. The molecular weight excluding hydrogens is 388 g/mol. The maximum absolute atomic E-state index is 10.5. The second-order valence-electron chi connectivity index (χ2n) is 6.99. The van der Waals surface area contributed by atoms with Crippen LogP contribution in [0.4, 0.5) is 0 Å². The van der Waals surface area contributed by atoms with Crippen LogP contribution in [0.25, 0.3) is 0 Å². The van der Waals surface area contributed by atoms with Crippen LogP contribution >= 0.6 is 0 Å². The van der Waals surface area contributed by atoms with E-state index in [9.17, 15) is 40.9 Å². The standard InChI is InChI=1S/C15H26O13/c16-4-1-25-14(10(21)7(4)18)28-12-5(17)2-26-15(11(12)22)27-6-3-24-13(23)9(20)8(6)19/h4-23H,1-3H2. The molecule has 28 heavy (non-hydrogen) atoms. The van der Waals surface area contributed by atoms with Gasteiger partial charge in [-0.2, -0.15) is 0 Å². The summed E-state index contributed by atoms with van der Waals surface area (Å²) in [5.74, 6) is 0. The summed E-state index contributed by atoms with van der Waals surface area (Å²) in [6.07, 6.45) is -17.5. The van der Waals surface area contributed by atoms with Crippen LogP contribution < -0.4 is 0 Å². The van der Waals surface area contributed by atoms with Gasteiger partial charge in [-0.25, -0.2) is 0 Å². The van der Waals surface area contributed by atoms with Gasteiger partial charge in [-0.1, -0.05) is 0 Å². The van der Waals surface area contributed by atoms with Crippen molar-refractivity contribution < 1.29 is 64.5 Å². The molecule has 3 aliphatic heterocycles. The third-order valence-corrected chi connectivity index (χ3v) is 4.93. The average Bonchev–Trinajstić information content (AvgIpc) is 2.67. The molecule has 3 aliphatic rings. The van der Waals surface area contributed by atoms with E-state index in [1.54, 1.807) is 0 Å². The van der Waals surface area contributed by atoms with Gasteiger partial charge in [0.05, 0.1) is 19.8 Å². The zero-order valence-electron chi connectivity index (χ0n) is 14.7. The summed E-state index contributed by atoms with van der Waals surface area (Å²) in [5.41, 5.74) is 0. The second kappa shape index (κ2) is 9.09. The van der Waals surface area contributed by atoms with Crippen LogP contribution in [-0.2, 0) is 23.7 Å². The molecule has 0 saturated carbocycles. The van der Waals surface area contributed by atoms with E-state index in [0.29, 0.717) is 0 Å². The molecule has 13 heteroatoms. The Hall–Kier alpha value is -0.520. The molecule has 12 unspecified atom stereocenters. The maximum atomic E-state index is 10.5. The highest BCUT2D eigenvalue weighted by Gasteiger charge is 2.48. The smallest absolute Gasteiger partial charge is 0.186 e. The first-order chi connectivity index (χ1) is 13.2. The van der Waals surface area contributed by atoms with Gasteiger partial charge in [-0.3, -0.25) is 0 Å². The van der Waals surface area contributed by atoms with Crippen molar-refractivity contribution in [1.29, 1.82) is 0 Å². The van der Waals surface area contributed by atoms with Crippen LogP contribution in [0.2, 0.25) is 0 Å². The molecule has 164 valence electrons. The Morgan fingerprint density at radius 3 is 1.82 bits per heavy atom. The van der Waals surface area contributed by atoms with E-state index in [-0.39, 0.29) is 19.8 Å². The number of ether oxygens (including phenoxy) is 5. The van der Waals surface area contributed by atoms with E-state index < -0.39 is 73.8 Å². The van der Waals surface area contributed by atoms with Crippen LogP contribution in [-0.4, -0.2) is 134 Å². The van der Waals surface area contributed by atoms with E-state index in [0.717, 1.165) is 0 Å². The summed E-state index contributed by atoms with van der Waals surface area (Å²) in [7, 11) is 0. The molecule has 0 aromatic heterocycles. The van der Waals surface area contributed by atoms with Crippen LogP contribution in [0.1, 0.15) is 0 Å². The van der Waals surface area contributed by atoms with Crippen molar-refractivity contribution in [1.82, 2.24) is 0 Å². The van der Waals surface area contributed by atoms with Gasteiger partial charge in [0.2, 0.25) is 0 Å². The fraction of sp³-hybridized carbons (Fsp3) is 1.00. The van der Waals surface area contributed by atoms with Gasteiger partial charge in [0.15, 0.2) is 18.9 Å². The summed E-state index contributed by atoms with van der Waals surface area (Å²) >= 11 is 0. The lowest BCUT2D eigenvalue weighted by Gasteiger charge is -2.43. The molecule has 3 heterocycles. The van der Waals surface area contributed by atoms with Gasteiger partial charge >= 0.3 is 0 Å². The van der Waals surface area contributed by atoms with Crippen LogP contribution in [0.15, 0.2) is 0 Å². The van der Waals surface area contributed by atoms with Crippen molar-refractivity contribution in [3.63, 3.8) is 0 Å². The van der Waals surface area contributed by atoms with Crippen molar-refractivity contribution in [3.05, 3.63) is 0 Å². The number of hydrogen-bond donors (Lipinski definition) is 8. The SMILES string of the molecule is OC1COC(OC2C(O)COC(OC3COC(O)C(O)C3O)C2O)C(O)C1O. The quantitative estimate of drug-likeness (QED) is 0.216. The number of aliphatic hydroxyl groups excluding tert-OH is 8. The first-order valence-electron chi connectivity index (χ1n) is 8.81. The maximum Gasteiger partial charge on any atom is 0.186 e. The van der Waals surface area contributed by atoms with Gasteiger partial charge in [0, 0.05) is 0 Å². The lowest BCUT2D eigenvalue weighted by Crippen LogP contribution is -2.62. The molecule has 8 N–H and O–H groups in total. The minimum Gasteiger partial charge on any atom is -0.388 e. The zero-order chi connectivity index (χ0) is 20.6. The molecule has 0 spiro atoms. The number of rotatable bonds is 4. The molecule has 0 amide bonds. The first-order valence-corrected chi connectivity index (χ1v) is 8.81. The summed E-state index contributed by atoms with van der Waals surface area (Å²) < 4.78 is 25.9. The van der Waals surface area contributed by atoms with Crippen molar-refractivity contribution in [3.8, 4) is 0 Å². The summed E-state index contributed by atoms with van der Waals surface area (Å²) in [6, 6.07) is 0. The zero-order valence-corrected chi connectivity index (χ0v) is 14.7. The Labute approximate surface area is 159 Å². The first kappa shape index (κ1) is 22.2.